The molecule has 0 unspecified atom stereocenters. The molecule has 0 aliphatic carbocycles. The summed E-state index contributed by atoms with van der Waals surface area (Å²) in [5.41, 5.74) is 2.60. The van der Waals surface area contributed by atoms with Crippen LogP contribution in [0.2, 0.25) is 0 Å². The monoisotopic (exact) mass is 382 g/mol. The van der Waals surface area contributed by atoms with Crippen molar-refractivity contribution < 1.29 is 4.79 Å². The van der Waals surface area contributed by atoms with Gasteiger partial charge in [-0.2, -0.15) is 5.10 Å². The Bertz CT molecular complexity index is 905. The van der Waals surface area contributed by atoms with E-state index in [9.17, 15) is 4.79 Å². The normalized spacial score (nSPS) is 10.6. The number of aromatic nitrogens is 4. The van der Waals surface area contributed by atoms with Crippen LogP contribution in [0.15, 0.2) is 47.4 Å². The van der Waals surface area contributed by atoms with Crippen LogP contribution in [-0.4, -0.2) is 45.2 Å². The van der Waals surface area contributed by atoms with Crippen LogP contribution in [0.25, 0.3) is 5.82 Å². The van der Waals surface area contributed by atoms with Gasteiger partial charge in [-0.3, -0.25) is 4.79 Å². The van der Waals surface area contributed by atoms with E-state index >= 15 is 0 Å². The van der Waals surface area contributed by atoms with Gasteiger partial charge in [-0.15, -0.1) is 22.0 Å². The first-order chi connectivity index (χ1) is 13.1. The highest BCUT2D eigenvalue weighted by Crippen LogP contribution is 2.14. The van der Waals surface area contributed by atoms with E-state index in [1.54, 1.807) is 16.4 Å². The summed E-state index contributed by atoms with van der Waals surface area (Å²) in [5, 5.41) is 18.8. The van der Waals surface area contributed by atoms with Crippen LogP contribution >= 0.6 is 11.8 Å². The van der Waals surface area contributed by atoms with Crippen LogP contribution in [0.4, 0.5) is 5.82 Å². The summed E-state index contributed by atoms with van der Waals surface area (Å²) in [6, 6.07) is 13.2. The van der Waals surface area contributed by atoms with Gasteiger partial charge in [0.05, 0.1) is 5.69 Å². The minimum Gasteiger partial charge on any atom is -0.367 e. The molecule has 0 aliphatic heterocycles. The quantitative estimate of drug-likeness (QED) is 0.483. The molecule has 0 fully saturated rings. The number of anilines is 1. The van der Waals surface area contributed by atoms with Gasteiger partial charge in [-0.05, 0) is 62.6 Å². The number of aryl methyl sites for hydroxylation is 2. The molecule has 3 rings (SSSR count). The first-order valence-electron chi connectivity index (χ1n) is 8.60. The van der Waals surface area contributed by atoms with Crippen LogP contribution in [-0.2, 0) is 0 Å². The van der Waals surface area contributed by atoms with Crippen molar-refractivity contribution >= 4 is 23.5 Å². The fourth-order valence-corrected chi connectivity index (χ4v) is 3.01. The van der Waals surface area contributed by atoms with Crippen LogP contribution in [0.5, 0.6) is 0 Å². The highest BCUT2D eigenvalue weighted by Gasteiger charge is 2.07. The molecule has 0 atom stereocenters. The minimum atomic E-state index is -0.0876. The predicted octanol–water partition coefficient (Wildman–Crippen LogP) is 2.84. The molecule has 0 saturated heterocycles. The largest absolute Gasteiger partial charge is 0.367 e. The van der Waals surface area contributed by atoms with E-state index < -0.39 is 0 Å². The van der Waals surface area contributed by atoms with Gasteiger partial charge in [0.2, 0.25) is 0 Å². The first-order valence-corrected chi connectivity index (χ1v) is 9.83. The van der Waals surface area contributed by atoms with Crippen LogP contribution in [0.3, 0.4) is 0 Å². The van der Waals surface area contributed by atoms with E-state index in [2.05, 4.69) is 25.9 Å². The second-order valence-electron chi connectivity index (χ2n) is 6.03. The zero-order valence-corrected chi connectivity index (χ0v) is 16.4. The Labute approximate surface area is 162 Å². The molecule has 2 N–H and O–H groups in total. The van der Waals surface area contributed by atoms with Crippen molar-refractivity contribution in [2.24, 2.45) is 0 Å². The Morgan fingerprint density at radius 2 is 1.85 bits per heavy atom. The Kier molecular flexibility index (Phi) is 6.08. The summed E-state index contributed by atoms with van der Waals surface area (Å²) in [4.78, 5) is 13.2. The standard InChI is InChI=1S/C19H22N6OS/c1-13-12-14(2)25(24-13)18-9-8-17(22-23-18)20-10-11-21-19(26)15-4-6-16(27-3)7-5-15/h4-9,12H,10-11H2,1-3H3,(H,20,22)(H,21,26). The van der Waals surface area contributed by atoms with Crippen molar-refractivity contribution in [3.8, 4) is 5.82 Å². The Morgan fingerprint density at radius 1 is 1.07 bits per heavy atom. The zero-order chi connectivity index (χ0) is 19.2. The summed E-state index contributed by atoms with van der Waals surface area (Å²) in [6.45, 7) is 4.97. The molecule has 0 aliphatic rings. The van der Waals surface area contributed by atoms with Gasteiger partial charge in [-0.25, -0.2) is 4.68 Å². The summed E-state index contributed by atoms with van der Waals surface area (Å²) in [6.07, 6.45) is 2.01. The molecule has 3 aromatic rings. The second-order valence-corrected chi connectivity index (χ2v) is 6.91. The fourth-order valence-electron chi connectivity index (χ4n) is 2.60. The van der Waals surface area contributed by atoms with Crippen molar-refractivity contribution in [1.29, 1.82) is 0 Å². The van der Waals surface area contributed by atoms with E-state index in [0.717, 1.165) is 16.3 Å². The lowest BCUT2D eigenvalue weighted by Crippen LogP contribution is -2.28. The van der Waals surface area contributed by atoms with Gasteiger partial charge in [0.1, 0.15) is 5.82 Å². The predicted molar refractivity (Wildman–Crippen MR) is 108 cm³/mol. The Hall–Kier alpha value is -2.87. The highest BCUT2D eigenvalue weighted by atomic mass is 32.2. The summed E-state index contributed by atoms with van der Waals surface area (Å²) < 4.78 is 1.76. The topological polar surface area (TPSA) is 84.7 Å². The maximum Gasteiger partial charge on any atom is 0.251 e. The lowest BCUT2D eigenvalue weighted by atomic mass is 10.2. The molecule has 2 heterocycles. The van der Waals surface area contributed by atoms with Gasteiger partial charge < -0.3 is 10.6 Å². The van der Waals surface area contributed by atoms with Crippen LogP contribution in [0, 0.1) is 13.8 Å². The number of nitrogens with zero attached hydrogens (tertiary/aromatic N) is 4. The molecule has 8 heteroatoms. The third-order valence-corrected chi connectivity index (χ3v) is 4.69. The number of hydrogen-bond acceptors (Lipinski definition) is 6. The molecule has 2 aromatic heterocycles. The van der Waals surface area contributed by atoms with Gasteiger partial charge in [-0.1, -0.05) is 0 Å². The molecule has 7 nitrogen and oxygen atoms in total. The van der Waals surface area contributed by atoms with Crippen molar-refractivity contribution in [1.82, 2.24) is 25.3 Å². The average Bonchev–Trinajstić information content (AvgIpc) is 3.03. The average molecular weight is 382 g/mol. The van der Waals surface area contributed by atoms with E-state index in [0.29, 0.717) is 30.3 Å². The number of thioether (sulfide) groups is 1. The maximum absolute atomic E-state index is 12.1. The van der Waals surface area contributed by atoms with E-state index in [1.165, 1.54) is 0 Å². The van der Waals surface area contributed by atoms with Gasteiger partial charge in [0.25, 0.3) is 5.91 Å². The van der Waals surface area contributed by atoms with E-state index in [-0.39, 0.29) is 5.91 Å². The van der Waals surface area contributed by atoms with Crippen molar-refractivity contribution in [3.63, 3.8) is 0 Å². The molecule has 0 spiro atoms. The number of carbonyl (C=O) groups excluding carboxylic acids is 1. The molecule has 0 bridgehead atoms. The van der Waals surface area contributed by atoms with Crippen molar-refractivity contribution in [2.45, 2.75) is 18.7 Å². The number of nitrogens with one attached hydrogen (secondary N) is 2. The van der Waals surface area contributed by atoms with Gasteiger partial charge in [0, 0.05) is 29.2 Å². The van der Waals surface area contributed by atoms with Crippen molar-refractivity contribution in [2.75, 3.05) is 24.7 Å². The maximum atomic E-state index is 12.1. The number of benzene rings is 1. The number of hydrogen-bond donors (Lipinski definition) is 2. The summed E-state index contributed by atoms with van der Waals surface area (Å²) in [5.74, 6) is 1.24. The fraction of sp³-hybridized carbons (Fsp3) is 0.263. The lowest BCUT2D eigenvalue weighted by molar-refractivity contribution is 0.0955. The first kappa shape index (κ1) is 18.9. The van der Waals surface area contributed by atoms with Crippen molar-refractivity contribution in [3.05, 3.63) is 59.4 Å². The Balaban J connectivity index is 1.47. The van der Waals surface area contributed by atoms with Crippen LogP contribution < -0.4 is 10.6 Å². The van der Waals surface area contributed by atoms with Gasteiger partial charge >= 0.3 is 0 Å². The zero-order valence-electron chi connectivity index (χ0n) is 15.6. The summed E-state index contributed by atoms with van der Waals surface area (Å²) in [7, 11) is 0. The molecular weight excluding hydrogens is 360 g/mol. The molecule has 27 heavy (non-hydrogen) atoms. The van der Waals surface area contributed by atoms with Crippen LogP contribution in [0.1, 0.15) is 21.7 Å². The smallest absolute Gasteiger partial charge is 0.251 e. The highest BCUT2D eigenvalue weighted by molar-refractivity contribution is 7.98. The lowest BCUT2D eigenvalue weighted by Gasteiger charge is -2.08. The third-order valence-electron chi connectivity index (χ3n) is 3.95. The summed E-state index contributed by atoms with van der Waals surface area (Å²) >= 11 is 1.65. The minimum absolute atomic E-state index is 0.0876. The van der Waals surface area contributed by atoms with Gasteiger partial charge in [0.15, 0.2) is 5.82 Å². The molecule has 1 amide bonds. The number of amides is 1. The van der Waals surface area contributed by atoms with E-state index in [4.69, 9.17) is 0 Å². The Morgan fingerprint density at radius 3 is 2.44 bits per heavy atom. The molecule has 140 valence electrons. The van der Waals surface area contributed by atoms with E-state index in [1.807, 2.05) is 62.6 Å². The molecular formula is C19H22N6OS. The number of rotatable bonds is 7. The number of carbonyl (C=O) groups is 1. The molecule has 1 aromatic carbocycles. The molecule has 0 radical (unpaired) electrons. The SMILES string of the molecule is CSc1ccc(C(=O)NCCNc2ccc(-n3nc(C)cc3C)nn2)cc1. The third kappa shape index (κ3) is 4.85. The molecule has 0 saturated carbocycles. The second kappa shape index (κ2) is 8.68.